The molecule has 2 heterocycles. The highest BCUT2D eigenvalue weighted by Crippen LogP contribution is 2.43. The highest BCUT2D eigenvalue weighted by atomic mass is 35.5. The molecule has 43 heavy (non-hydrogen) atoms. The molecule has 1 aliphatic rings. The number of methoxy groups -OCH3 is 1. The summed E-state index contributed by atoms with van der Waals surface area (Å²) in [5.41, 5.74) is -3.02. The van der Waals surface area contributed by atoms with Crippen molar-refractivity contribution in [1.29, 1.82) is 0 Å². The van der Waals surface area contributed by atoms with Crippen molar-refractivity contribution in [2.75, 3.05) is 12.9 Å². The molecule has 1 aromatic heterocycles. The van der Waals surface area contributed by atoms with Crippen LogP contribution in [0.15, 0.2) is 69.6 Å². The number of hydrogen-bond donors (Lipinski definition) is 1. The minimum Gasteiger partial charge on any atom is -0.494 e. The van der Waals surface area contributed by atoms with Gasteiger partial charge in [-0.25, -0.2) is 13.2 Å². The summed E-state index contributed by atoms with van der Waals surface area (Å²) in [4.78, 5) is 14.2. The van der Waals surface area contributed by atoms with Gasteiger partial charge in [-0.2, -0.15) is 13.2 Å². The highest BCUT2D eigenvalue weighted by Gasteiger charge is 2.38. The maximum absolute atomic E-state index is 15.6. The lowest BCUT2D eigenvalue weighted by Gasteiger charge is -2.22. The Hall–Kier alpha value is -3.90. The summed E-state index contributed by atoms with van der Waals surface area (Å²) in [6.07, 6.45) is -5.49. The van der Waals surface area contributed by atoms with Crippen LogP contribution in [-0.2, 0) is 12.6 Å². The number of rotatable bonds is 6. The lowest BCUT2D eigenvalue weighted by Crippen LogP contribution is -2.32. The average Bonchev–Trinajstić information content (AvgIpc) is 3.39. The molecule has 0 amide bonds. The smallest absolute Gasteiger partial charge is 0.416 e. The predicted molar refractivity (Wildman–Crippen MR) is 151 cm³/mol. The van der Waals surface area contributed by atoms with E-state index < -0.39 is 52.8 Å². The summed E-state index contributed by atoms with van der Waals surface area (Å²) in [6, 6.07) is 9.35. The van der Waals surface area contributed by atoms with Gasteiger partial charge in [0.05, 0.1) is 34.3 Å². The summed E-state index contributed by atoms with van der Waals surface area (Å²) in [5, 5.41) is 13.1. The van der Waals surface area contributed by atoms with Crippen molar-refractivity contribution in [3.63, 3.8) is 0 Å². The SMILES string of the molecule is COc1cccc(-c2c(C)c(Cc3c(F)cccc3C(F)(F)F)c3n(c2=O)C(C(=NO)c2cccc(F)c2Cl)CS3)c1F. The highest BCUT2D eigenvalue weighted by molar-refractivity contribution is 7.99. The molecule has 0 spiro atoms. The van der Waals surface area contributed by atoms with Crippen LogP contribution in [0.4, 0.5) is 26.3 Å². The second-order valence-electron chi connectivity index (χ2n) is 9.63. The van der Waals surface area contributed by atoms with Crippen molar-refractivity contribution in [3.05, 3.63) is 115 Å². The first kappa shape index (κ1) is 30.6. The van der Waals surface area contributed by atoms with E-state index in [1.807, 2.05) is 0 Å². The number of alkyl halides is 3. The fourth-order valence-corrected chi connectivity index (χ4v) is 6.87. The van der Waals surface area contributed by atoms with E-state index in [1.54, 1.807) is 0 Å². The first-order valence-corrected chi connectivity index (χ1v) is 14.0. The predicted octanol–water partition coefficient (Wildman–Crippen LogP) is 8.04. The second-order valence-corrected chi connectivity index (χ2v) is 11.0. The van der Waals surface area contributed by atoms with Crippen LogP contribution in [0.1, 0.15) is 33.9 Å². The van der Waals surface area contributed by atoms with E-state index in [0.29, 0.717) is 0 Å². The Kier molecular flexibility index (Phi) is 8.28. The lowest BCUT2D eigenvalue weighted by molar-refractivity contribution is -0.138. The van der Waals surface area contributed by atoms with E-state index in [-0.39, 0.29) is 55.1 Å². The van der Waals surface area contributed by atoms with E-state index >= 15 is 8.78 Å². The number of ether oxygens (including phenoxy) is 1. The zero-order valence-electron chi connectivity index (χ0n) is 22.4. The molecule has 5 rings (SSSR count). The molecule has 4 aromatic rings. The third kappa shape index (κ3) is 5.27. The molecule has 0 saturated heterocycles. The third-order valence-corrected chi connectivity index (χ3v) is 8.89. The number of halogens is 7. The Morgan fingerprint density at radius 1 is 1.07 bits per heavy atom. The molecule has 0 aliphatic carbocycles. The zero-order valence-corrected chi connectivity index (χ0v) is 24.0. The van der Waals surface area contributed by atoms with Gasteiger partial charge >= 0.3 is 6.18 Å². The van der Waals surface area contributed by atoms with Crippen LogP contribution in [-0.4, -0.2) is 28.3 Å². The van der Waals surface area contributed by atoms with Crippen LogP contribution in [0.2, 0.25) is 5.02 Å². The van der Waals surface area contributed by atoms with Crippen molar-refractivity contribution in [2.45, 2.75) is 30.6 Å². The molecule has 0 bridgehead atoms. The zero-order chi connectivity index (χ0) is 31.2. The number of benzene rings is 3. The maximum atomic E-state index is 15.6. The van der Waals surface area contributed by atoms with Crippen LogP contribution in [0.25, 0.3) is 11.1 Å². The number of thioether (sulfide) groups is 1. The number of fused-ring (bicyclic) bond motifs is 1. The molecule has 3 aromatic carbocycles. The Morgan fingerprint density at radius 2 is 1.74 bits per heavy atom. The monoisotopic (exact) mass is 638 g/mol. The van der Waals surface area contributed by atoms with Gasteiger partial charge in [0.15, 0.2) is 11.6 Å². The van der Waals surface area contributed by atoms with E-state index in [0.717, 1.165) is 40.6 Å². The molecule has 13 heteroatoms. The van der Waals surface area contributed by atoms with Gasteiger partial charge in [-0.3, -0.25) is 9.36 Å². The van der Waals surface area contributed by atoms with Gasteiger partial charge in [0.1, 0.15) is 17.3 Å². The Morgan fingerprint density at radius 3 is 2.42 bits per heavy atom. The molecule has 1 unspecified atom stereocenters. The third-order valence-electron chi connectivity index (χ3n) is 7.31. The van der Waals surface area contributed by atoms with Crippen LogP contribution < -0.4 is 10.3 Å². The van der Waals surface area contributed by atoms with Crippen LogP contribution in [0.5, 0.6) is 5.75 Å². The number of oxime groups is 1. The summed E-state index contributed by atoms with van der Waals surface area (Å²) in [7, 11) is 1.23. The Bertz CT molecular complexity index is 1840. The van der Waals surface area contributed by atoms with Crippen molar-refractivity contribution >= 4 is 29.1 Å². The van der Waals surface area contributed by atoms with Crippen LogP contribution >= 0.6 is 23.4 Å². The van der Waals surface area contributed by atoms with Crippen molar-refractivity contribution < 1.29 is 36.3 Å². The summed E-state index contributed by atoms with van der Waals surface area (Å²) in [5.74, 6) is -3.00. The topological polar surface area (TPSA) is 63.8 Å². The fourth-order valence-electron chi connectivity index (χ4n) is 5.27. The molecule has 0 saturated carbocycles. The number of nitrogens with zero attached hydrogens (tertiary/aromatic N) is 2. The van der Waals surface area contributed by atoms with E-state index in [9.17, 15) is 27.6 Å². The quantitative estimate of drug-likeness (QED) is 0.101. The summed E-state index contributed by atoms with van der Waals surface area (Å²) < 4.78 is 93.0. The maximum Gasteiger partial charge on any atom is 0.416 e. The molecule has 1 atom stereocenters. The molecule has 0 fully saturated rings. The summed E-state index contributed by atoms with van der Waals surface area (Å²) in [6.45, 7) is 1.44. The molecule has 1 N–H and O–H groups in total. The number of hydrogen-bond acceptors (Lipinski definition) is 5. The molecule has 224 valence electrons. The van der Waals surface area contributed by atoms with Gasteiger partial charge in [0, 0.05) is 28.9 Å². The standard InChI is InChI=1S/C30H21ClF6N2O3S/c1-14-17(12-18-19(30(35,36)37)8-5-9-20(18)32)29-39(28(40)24(14)15-6-4-11-23(42-2)26(15)34)22(13-43-29)27(38-41)16-7-3-10-21(33)25(16)31/h3-11,22,41H,12-13H2,1-2H3. The number of pyridine rings is 1. The van der Waals surface area contributed by atoms with Crippen LogP contribution in [0, 0.1) is 24.4 Å². The first-order valence-electron chi connectivity index (χ1n) is 12.6. The Balaban J connectivity index is 1.83. The van der Waals surface area contributed by atoms with Gasteiger partial charge in [-0.05, 0) is 42.3 Å². The van der Waals surface area contributed by atoms with Gasteiger partial charge < -0.3 is 9.94 Å². The lowest BCUT2D eigenvalue weighted by atomic mass is 9.92. The minimum absolute atomic E-state index is 0.0152. The van der Waals surface area contributed by atoms with Gasteiger partial charge in [-0.1, -0.05) is 47.1 Å². The van der Waals surface area contributed by atoms with Gasteiger partial charge in [0.25, 0.3) is 5.56 Å². The first-order chi connectivity index (χ1) is 20.4. The van der Waals surface area contributed by atoms with Crippen molar-refractivity contribution in [2.24, 2.45) is 5.16 Å². The average molecular weight is 639 g/mol. The van der Waals surface area contributed by atoms with E-state index in [1.165, 1.54) is 44.4 Å². The van der Waals surface area contributed by atoms with Crippen LogP contribution in [0.3, 0.4) is 0 Å². The second kappa shape index (κ2) is 11.6. The van der Waals surface area contributed by atoms with Gasteiger partial charge in [0.2, 0.25) is 0 Å². The van der Waals surface area contributed by atoms with E-state index in [4.69, 9.17) is 16.3 Å². The normalized spacial score (nSPS) is 15.1. The van der Waals surface area contributed by atoms with Gasteiger partial charge in [-0.15, -0.1) is 11.8 Å². The molecular weight excluding hydrogens is 618 g/mol. The molecule has 5 nitrogen and oxygen atoms in total. The largest absolute Gasteiger partial charge is 0.494 e. The molecular formula is C30H21ClF6N2O3S. The molecule has 1 aliphatic heterocycles. The number of aromatic nitrogens is 1. The Labute approximate surface area is 250 Å². The summed E-state index contributed by atoms with van der Waals surface area (Å²) >= 11 is 7.21. The van der Waals surface area contributed by atoms with E-state index in [2.05, 4.69) is 5.16 Å². The fraction of sp³-hybridized carbons (Fsp3) is 0.200. The van der Waals surface area contributed by atoms with Crippen molar-refractivity contribution in [3.8, 4) is 16.9 Å². The minimum atomic E-state index is -4.89. The van der Waals surface area contributed by atoms with Crippen molar-refractivity contribution in [1.82, 2.24) is 4.57 Å². The molecule has 0 radical (unpaired) electrons.